The standard InChI is InChI=1S/C20H17Cl2N3O7S2/c21-14-1-6-17(7-2-14)33(29,30)23-19-13-16(25(27)28)5-10-20(19)24(11-12-26)34(31,32)18-8-3-15(22)4-9-18/h1-10,13,23,26H,11-12H2. The Morgan fingerprint density at radius 2 is 1.41 bits per heavy atom. The third-order valence-corrected chi connectivity index (χ3v) is 8.25. The van der Waals surface area contributed by atoms with Crippen molar-refractivity contribution >= 4 is 60.3 Å². The highest BCUT2D eigenvalue weighted by Crippen LogP contribution is 2.35. The van der Waals surface area contributed by atoms with Crippen LogP contribution in [0.15, 0.2) is 76.5 Å². The fourth-order valence-electron chi connectivity index (χ4n) is 2.95. The van der Waals surface area contributed by atoms with Crippen LogP contribution in [0.2, 0.25) is 10.0 Å². The van der Waals surface area contributed by atoms with Gasteiger partial charge in [0, 0.05) is 22.2 Å². The molecule has 0 spiro atoms. The maximum atomic E-state index is 13.3. The molecular weight excluding hydrogens is 529 g/mol. The minimum atomic E-state index is -4.32. The number of nitro groups is 1. The first kappa shape index (κ1) is 25.7. The average molecular weight is 546 g/mol. The van der Waals surface area contributed by atoms with Crippen molar-refractivity contribution in [2.75, 3.05) is 22.2 Å². The predicted octanol–water partition coefficient (Wildman–Crippen LogP) is 3.89. The molecule has 0 heterocycles. The normalized spacial score (nSPS) is 11.7. The monoisotopic (exact) mass is 545 g/mol. The summed E-state index contributed by atoms with van der Waals surface area (Å²) in [7, 11) is -8.61. The topological polar surface area (TPSA) is 147 Å². The summed E-state index contributed by atoms with van der Waals surface area (Å²) >= 11 is 11.6. The summed E-state index contributed by atoms with van der Waals surface area (Å²) in [5, 5.41) is 21.4. The van der Waals surface area contributed by atoms with E-state index in [9.17, 15) is 32.1 Å². The Hall–Kier alpha value is -2.90. The van der Waals surface area contributed by atoms with E-state index < -0.39 is 43.8 Å². The Balaban J connectivity index is 2.16. The highest BCUT2D eigenvalue weighted by atomic mass is 35.5. The Morgan fingerprint density at radius 3 is 1.91 bits per heavy atom. The summed E-state index contributed by atoms with van der Waals surface area (Å²) in [5.74, 6) is 0. The largest absolute Gasteiger partial charge is 0.394 e. The van der Waals surface area contributed by atoms with Gasteiger partial charge in [-0.05, 0) is 54.6 Å². The summed E-state index contributed by atoms with van der Waals surface area (Å²) in [6.45, 7) is -1.08. The van der Waals surface area contributed by atoms with Gasteiger partial charge in [-0.3, -0.25) is 19.1 Å². The molecule has 0 fully saturated rings. The number of nitro benzene ring substituents is 1. The van der Waals surface area contributed by atoms with Crippen molar-refractivity contribution in [1.82, 2.24) is 0 Å². The molecule has 0 aromatic heterocycles. The molecule has 180 valence electrons. The van der Waals surface area contributed by atoms with Crippen LogP contribution in [0.25, 0.3) is 0 Å². The number of nitrogens with zero attached hydrogens (tertiary/aromatic N) is 2. The van der Waals surface area contributed by atoms with E-state index in [0.717, 1.165) is 22.5 Å². The van der Waals surface area contributed by atoms with Gasteiger partial charge in [0.05, 0.1) is 39.2 Å². The van der Waals surface area contributed by atoms with Crippen molar-refractivity contribution in [2.45, 2.75) is 9.79 Å². The van der Waals surface area contributed by atoms with Gasteiger partial charge in [0.2, 0.25) is 0 Å². The number of anilines is 2. The fourth-order valence-corrected chi connectivity index (χ4v) is 5.74. The van der Waals surface area contributed by atoms with E-state index >= 15 is 0 Å². The van der Waals surface area contributed by atoms with Crippen LogP contribution in [-0.4, -0.2) is 40.0 Å². The average Bonchev–Trinajstić information content (AvgIpc) is 2.78. The van der Waals surface area contributed by atoms with Crippen LogP contribution in [0.5, 0.6) is 0 Å². The summed E-state index contributed by atoms with van der Waals surface area (Å²) in [4.78, 5) is 10.2. The van der Waals surface area contributed by atoms with Gasteiger partial charge in [0.15, 0.2) is 0 Å². The molecule has 0 aliphatic rings. The lowest BCUT2D eigenvalue weighted by Gasteiger charge is -2.26. The van der Waals surface area contributed by atoms with Crippen LogP contribution < -0.4 is 9.03 Å². The first-order chi connectivity index (χ1) is 16.0. The molecule has 0 radical (unpaired) electrons. The molecule has 3 rings (SSSR count). The molecule has 2 N–H and O–H groups in total. The fraction of sp³-hybridized carbons (Fsp3) is 0.100. The first-order valence-electron chi connectivity index (χ1n) is 9.42. The molecule has 0 unspecified atom stereocenters. The molecule has 0 aliphatic carbocycles. The van der Waals surface area contributed by atoms with Crippen LogP contribution in [-0.2, 0) is 20.0 Å². The minimum absolute atomic E-state index is 0.185. The molecule has 0 aliphatic heterocycles. The van der Waals surface area contributed by atoms with Crippen LogP contribution in [0.1, 0.15) is 0 Å². The summed E-state index contributed by atoms with van der Waals surface area (Å²) in [6, 6.07) is 13.3. The van der Waals surface area contributed by atoms with Gasteiger partial charge in [-0.2, -0.15) is 0 Å². The van der Waals surface area contributed by atoms with Crippen molar-refractivity contribution in [2.24, 2.45) is 0 Å². The second-order valence-corrected chi connectivity index (χ2v) is 11.2. The number of non-ortho nitro benzene ring substituents is 1. The summed E-state index contributed by atoms with van der Waals surface area (Å²) in [6.07, 6.45) is 0. The van der Waals surface area contributed by atoms with Gasteiger partial charge < -0.3 is 5.11 Å². The minimum Gasteiger partial charge on any atom is -0.394 e. The molecule has 34 heavy (non-hydrogen) atoms. The van der Waals surface area contributed by atoms with E-state index in [1.54, 1.807) is 0 Å². The van der Waals surface area contributed by atoms with Crippen molar-refractivity contribution < 1.29 is 26.9 Å². The van der Waals surface area contributed by atoms with E-state index in [-0.39, 0.29) is 26.2 Å². The van der Waals surface area contributed by atoms with E-state index in [0.29, 0.717) is 5.02 Å². The van der Waals surface area contributed by atoms with E-state index in [2.05, 4.69) is 4.72 Å². The molecule has 3 aromatic carbocycles. The smallest absolute Gasteiger partial charge is 0.271 e. The molecule has 3 aromatic rings. The van der Waals surface area contributed by atoms with Crippen molar-refractivity contribution in [3.8, 4) is 0 Å². The number of hydrogen-bond donors (Lipinski definition) is 2. The number of nitrogens with one attached hydrogen (secondary N) is 1. The van der Waals surface area contributed by atoms with E-state index in [4.69, 9.17) is 23.2 Å². The van der Waals surface area contributed by atoms with Crippen LogP contribution >= 0.6 is 23.2 Å². The molecule has 0 saturated carbocycles. The zero-order valence-electron chi connectivity index (χ0n) is 17.1. The summed E-state index contributed by atoms with van der Waals surface area (Å²) < 4.78 is 55.5. The molecule has 14 heteroatoms. The summed E-state index contributed by atoms with van der Waals surface area (Å²) in [5.41, 5.74) is -1.09. The number of benzene rings is 3. The van der Waals surface area contributed by atoms with Crippen LogP contribution in [0, 0.1) is 10.1 Å². The second-order valence-electron chi connectivity index (χ2n) is 6.77. The van der Waals surface area contributed by atoms with Crippen molar-refractivity contribution in [3.05, 3.63) is 86.9 Å². The SMILES string of the molecule is O=[N+]([O-])c1ccc(N(CCO)S(=O)(=O)c2ccc(Cl)cc2)c(NS(=O)(=O)c2ccc(Cl)cc2)c1. The van der Waals surface area contributed by atoms with Gasteiger partial charge >= 0.3 is 0 Å². The molecular formula is C20H17Cl2N3O7S2. The second kappa shape index (κ2) is 10.2. The van der Waals surface area contributed by atoms with Gasteiger partial charge in [-0.1, -0.05) is 23.2 Å². The first-order valence-corrected chi connectivity index (χ1v) is 13.1. The molecule has 0 saturated heterocycles. The molecule has 0 amide bonds. The number of aliphatic hydroxyl groups excluding tert-OH is 1. The number of aliphatic hydroxyl groups is 1. The number of hydrogen-bond acceptors (Lipinski definition) is 7. The van der Waals surface area contributed by atoms with Gasteiger partial charge in [-0.15, -0.1) is 0 Å². The Morgan fingerprint density at radius 1 is 0.882 bits per heavy atom. The van der Waals surface area contributed by atoms with Gasteiger partial charge in [-0.25, -0.2) is 16.8 Å². The number of halogens is 2. The lowest BCUT2D eigenvalue weighted by Crippen LogP contribution is -2.34. The van der Waals surface area contributed by atoms with Crippen LogP contribution in [0.3, 0.4) is 0 Å². The maximum absolute atomic E-state index is 13.3. The highest BCUT2D eigenvalue weighted by molar-refractivity contribution is 7.93. The van der Waals surface area contributed by atoms with E-state index in [1.807, 2.05) is 0 Å². The quantitative estimate of drug-likeness (QED) is 0.306. The zero-order valence-corrected chi connectivity index (χ0v) is 20.3. The van der Waals surface area contributed by atoms with Crippen LogP contribution in [0.4, 0.5) is 17.1 Å². The van der Waals surface area contributed by atoms with Crippen molar-refractivity contribution in [1.29, 1.82) is 0 Å². The molecule has 0 bridgehead atoms. The third kappa shape index (κ3) is 5.59. The molecule has 10 nitrogen and oxygen atoms in total. The Labute approximate surface area is 205 Å². The third-order valence-electron chi connectivity index (χ3n) is 4.53. The highest BCUT2D eigenvalue weighted by Gasteiger charge is 2.29. The van der Waals surface area contributed by atoms with Gasteiger partial charge in [0.1, 0.15) is 0 Å². The number of sulfonamides is 2. The lowest BCUT2D eigenvalue weighted by atomic mass is 10.2. The van der Waals surface area contributed by atoms with Crippen molar-refractivity contribution in [3.63, 3.8) is 0 Å². The zero-order chi connectivity index (χ0) is 25.1. The number of rotatable bonds is 9. The molecule has 0 atom stereocenters. The van der Waals surface area contributed by atoms with Gasteiger partial charge in [0.25, 0.3) is 25.7 Å². The lowest BCUT2D eigenvalue weighted by molar-refractivity contribution is -0.384. The van der Waals surface area contributed by atoms with E-state index in [1.165, 1.54) is 48.5 Å². The predicted molar refractivity (Wildman–Crippen MR) is 128 cm³/mol. The Kier molecular flexibility index (Phi) is 7.68. The maximum Gasteiger partial charge on any atom is 0.271 e. The Bertz CT molecular complexity index is 1410.